The number of aromatic carboxylic acids is 1. The van der Waals surface area contributed by atoms with Crippen molar-refractivity contribution in [3.63, 3.8) is 0 Å². The summed E-state index contributed by atoms with van der Waals surface area (Å²) in [6.07, 6.45) is 11.3. The predicted molar refractivity (Wildman–Crippen MR) is 97.5 cm³/mol. The Kier molecular flexibility index (Phi) is 5.37. The minimum Gasteiger partial charge on any atom is -0.478 e. The average Bonchev–Trinajstić information content (AvgIpc) is 3.39. The summed E-state index contributed by atoms with van der Waals surface area (Å²) in [5.41, 5.74) is 2.78. The predicted octanol–water partition coefficient (Wildman–Crippen LogP) is 3.83. The third-order valence-corrected chi connectivity index (χ3v) is 5.13. The first kappa shape index (κ1) is 17.5. The standard InChI is InChI=1S/C21H25NO3/c1-15(17-9-10-17)3-2-4-19-11-12-20(23)22(19)14-13-16-5-7-18(8-6-16)21(24)25/h2-8,17,19H,9-14H2,1H3,(H,24,25)/t19-/m0/s1. The third kappa shape index (κ3) is 4.59. The van der Waals surface area contributed by atoms with Crippen LogP contribution in [0.4, 0.5) is 0 Å². The highest BCUT2D eigenvalue weighted by molar-refractivity contribution is 5.87. The summed E-state index contributed by atoms with van der Waals surface area (Å²) < 4.78 is 0. The molecular formula is C21H25NO3. The fraction of sp³-hybridized carbons (Fsp3) is 0.429. The number of allylic oxidation sites excluding steroid dienone is 3. The van der Waals surface area contributed by atoms with Gasteiger partial charge in [0.2, 0.25) is 5.91 Å². The lowest BCUT2D eigenvalue weighted by Crippen LogP contribution is -2.33. The van der Waals surface area contributed by atoms with Crippen LogP contribution in [0.15, 0.2) is 48.1 Å². The molecule has 1 aliphatic heterocycles. The van der Waals surface area contributed by atoms with Gasteiger partial charge >= 0.3 is 5.97 Å². The quantitative estimate of drug-likeness (QED) is 0.768. The summed E-state index contributed by atoms with van der Waals surface area (Å²) >= 11 is 0. The number of nitrogens with zero attached hydrogens (tertiary/aromatic N) is 1. The Balaban J connectivity index is 1.57. The number of carbonyl (C=O) groups excluding carboxylic acids is 1. The molecule has 25 heavy (non-hydrogen) atoms. The van der Waals surface area contributed by atoms with Crippen molar-refractivity contribution in [2.24, 2.45) is 5.92 Å². The molecular weight excluding hydrogens is 314 g/mol. The Morgan fingerprint density at radius 3 is 2.60 bits per heavy atom. The second kappa shape index (κ2) is 7.68. The maximum atomic E-state index is 12.2. The summed E-state index contributed by atoms with van der Waals surface area (Å²) in [4.78, 5) is 25.0. The van der Waals surface area contributed by atoms with Gasteiger partial charge in [0.25, 0.3) is 0 Å². The molecule has 4 heteroatoms. The third-order valence-electron chi connectivity index (χ3n) is 5.13. The van der Waals surface area contributed by atoms with E-state index in [9.17, 15) is 9.59 Å². The van der Waals surface area contributed by atoms with Crippen LogP contribution in [-0.4, -0.2) is 34.5 Å². The molecule has 0 bridgehead atoms. The van der Waals surface area contributed by atoms with Gasteiger partial charge in [-0.15, -0.1) is 0 Å². The second-order valence-electron chi connectivity index (χ2n) is 7.02. The molecule has 1 aliphatic carbocycles. The van der Waals surface area contributed by atoms with Crippen LogP contribution < -0.4 is 0 Å². The summed E-state index contributed by atoms with van der Waals surface area (Å²) in [5, 5.41) is 8.94. The van der Waals surface area contributed by atoms with E-state index in [-0.39, 0.29) is 11.9 Å². The monoisotopic (exact) mass is 339 g/mol. The van der Waals surface area contributed by atoms with Crippen molar-refractivity contribution in [2.75, 3.05) is 6.54 Å². The molecule has 2 fully saturated rings. The van der Waals surface area contributed by atoms with Gasteiger partial charge in [0.1, 0.15) is 0 Å². The van der Waals surface area contributed by atoms with E-state index in [0.29, 0.717) is 18.5 Å². The van der Waals surface area contributed by atoms with E-state index in [1.165, 1.54) is 18.4 Å². The highest BCUT2D eigenvalue weighted by atomic mass is 16.4. The zero-order valence-electron chi connectivity index (χ0n) is 14.6. The summed E-state index contributed by atoms with van der Waals surface area (Å²) in [6, 6.07) is 7.07. The van der Waals surface area contributed by atoms with Crippen LogP contribution in [0, 0.1) is 5.92 Å². The fourth-order valence-corrected chi connectivity index (χ4v) is 3.32. The summed E-state index contributed by atoms with van der Waals surface area (Å²) in [7, 11) is 0. The second-order valence-corrected chi connectivity index (χ2v) is 7.02. The Morgan fingerprint density at radius 2 is 1.96 bits per heavy atom. The molecule has 1 amide bonds. The van der Waals surface area contributed by atoms with Crippen LogP contribution in [0.25, 0.3) is 0 Å². The van der Waals surface area contributed by atoms with Gasteiger partial charge in [-0.3, -0.25) is 4.79 Å². The normalized spacial score (nSPS) is 21.3. The molecule has 0 aromatic heterocycles. The van der Waals surface area contributed by atoms with E-state index in [1.807, 2.05) is 17.0 Å². The van der Waals surface area contributed by atoms with Crippen LogP contribution in [0.3, 0.4) is 0 Å². The van der Waals surface area contributed by atoms with E-state index in [4.69, 9.17) is 5.11 Å². The lowest BCUT2D eigenvalue weighted by atomic mass is 10.1. The molecule has 1 N–H and O–H groups in total. The van der Waals surface area contributed by atoms with Gasteiger partial charge in [0, 0.05) is 13.0 Å². The van der Waals surface area contributed by atoms with E-state index in [2.05, 4.69) is 25.2 Å². The highest BCUT2D eigenvalue weighted by Crippen LogP contribution is 2.36. The van der Waals surface area contributed by atoms with Crippen LogP contribution in [-0.2, 0) is 11.2 Å². The first-order valence-electron chi connectivity index (χ1n) is 9.01. The zero-order chi connectivity index (χ0) is 17.8. The zero-order valence-corrected chi connectivity index (χ0v) is 14.6. The van der Waals surface area contributed by atoms with Crippen molar-refractivity contribution in [2.45, 2.75) is 45.1 Å². The number of benzene rings is 1. The molecule has 0 unspecified atom stereocenters. The fourth-order valence-electron chi connectivity index (χ4n) is 3.32. The van der Waals surface area contributed by atoms with E-state index in [1.54, 1.807) is 12.1 Å². The molecule has 1 saturated heterocycles. The smallest absolute Gasteiger partial charge is 0.335 e. The number of hydrogen-bond donors (Lipinski definition) is 1. The van der Waals surface area contributed by atoms with Crippen molar-refractivity contribution in [3.8, 4) is 0 Å². The van der Waals surface area contributed by atoms with Gasteiger partial charge in [-0.25, -0.2) is 4.79 Å². The maximum Gasteiger partial charge on any atom is 0.335 e. The minimum atomic E-state index is -0.916. The van der Waals surface area contributed by atoms with E-state index < -0.39 is 5.97 Å². The number of amides is 1. The van der Waals surface area contributed by atoms with Crippen molar-refractivity contribution in [1.29, 1.82) is 0 Å². The molecule has 2 aliphatic rings. The molecule has 132 valence electrons. The Hall–Kier alpha value is -2.36. The number of hydrogen-bond acceptors (Lipinski definition) is 2. The van der Waals surface area contributed by atoms with Gasteiger partial charge in [-0.2, -0.15) is 0 Å². The van der Waals surface area contributed by atoms with Gasteiger partial charge in [0.15, 0.2) is 0 Å². The molecule has 1 saturated carbocycles. The van der Waals surface area contributed by atoms with Gasteiger partial charge in [0.05, 0.1) is 11.6 Å². The molecule has 1 heterocycles. The number of rotatable bonds is 7. The topological polar surface area (TPSA) is 57.6 Å². The van der Waals surface area contributed by atoms with Crippen LogP contribution >= 0.6 is 0 Å². The number of carboxylic acids is 1. The van der Waals surface area contributed by atoms with Crippen LogP contribution in [0.5, 0.6) is 0 Å². The molecule has 0 spiro atoms. The Bertz CT molecular complexity index is 698. The lowest BCUT2D eigenvalue weighted by molar-refractivity contribution is -0.128. The van der Waals surface area contributed by atoms with Crippen molar-refractivity contribution >= 4 is 11.9 Å². The Morgan fingerprint density at radius 1 is 1.24 bits per heavy atom. The van der Waals surface area contributed by atoms with E-state index >= 15 is 0 Å². The van der Waals surface area contributed by atoms with Gasteiger partial charge < -0.3 is 10.0 Å². The lowest BCUT2D eigenvalue weighted by Gasteiger charge is -2.22. The minimum absolute atomic E-state index is 0.175. The first-order valence-corrected chi connectivity index (χ1v) is 9.01. The van der Waals surface area contributed by atoms with Crippen molar-refractivity contribution in [1.82, 2.24) is 4.90 Å². The molecule has 1 aromatic rings. The highest BCUT2D eigenvalue weighted by Gasteiger charge is 2.28. The molecule has 1 aromatic carbocycles. The maximum absolute atomic E-state index is 12.2. The molecule has 0 radical (unpaired) electrons. The largest absolute Gasteiger partial charge is 0.478 e. The number of carboxylic acid groups (broad SMARTS) is 1. The van der Waals surface area contributed by atoms with Crippen molar-refractivity contribution < 1.29 is 14.7 Å². The van der Waals surface area contributed by atoms with Crippen molar-refractivity contribution in [3.05, 3.63) is 59.2 Å². The SMILES string of the molecule is CC(=CC=C[C@H]1CCC(=O)N1CCc1ccc(C(=O)O)cc1)C1CC1. The summed E-state index contributed by atoms with van der Waals surface area (Å²) in [6.45, 7) is 2.85. The molecule has 4 nitrogen and oxygen atoms in total. The average molecular weight is 339 g/mol. The van der Waals surface area contributed by atoms with Crippen LogP contribution in [0.2, 0.25) is 0 Å². The first-order chi connectivity index (χ1) is 12.0. The molecule has 1 atom stereocenters. The van der Waals surface area contributed by atoms with E-state index in [0.717, 1.165) is 24.3 Å². The molecule has 3 rings (SSSR count). The number of likely N-dealkylation sites (tertiary alicyclic amines) is 1. The van der Waals surface area contributed by atoms with Gasteiger partial charge in [-0.05, 0) is 56.2 Å². The number of carbonyl (C=O) groups is 2. The van der Waals surface area contributed by atoms with Crippen LogP contribution in [0.1, 0.15) is 48.5 Å². The van der Waals surface area contributed by atoms with Gasteiger partial charge in [-0.1, -0.05) is 35.9 Å². The summed E-state index contributed by atoms with van der Waals surface area (Å²) in [5.74, 6) is 0.0699. The Labute approximate surface area is 148 Å².